The number of carboxylic acids is 2. The fourth-order valence-electron chi connectivity index (χ4n) is 6.01. The smallest absolute Gasteiger partial charge is 0.326 e. The van der Waals surface area contributed by atoms with E-state index in [1.807, 2.05) is 13.8 Å². The molecule has 62 heavy (non-hydrogen) atoms. The quantitative estimate of drug-likeness (QED) is 0.0205. The lowest BCUT2D eigenvalue weighted by Gasteiger charge is -2.27. The Morgan fingerprint density at radius 2 is 1.15 bits per heavy atom. The first-order valence-electron chi connectivity index (χ1n) is 20.4. The third kappa shape index (κ3) is 20.2. The molecule has 0 aromatic heterocycles. The Hall–Kier alpha value is -6.48. The lowest BCUT2D eigenvalue weighted by Crippen LogP contribution is -2.59. The zero-order chi connectivity index (χ0) is 46.4. The van der Waals surface area contributed by atoms with Gasteiger partial charge in [-0.3, -0.25) is 33.8 Å². The number of phenols is 1. The zero-order valence-electron chi connectivity index (χ0n) is 35.4. The fraction of sp³-hybridized carbons (Fsp3) is 0.512. The first-order chi connectivity index (χ1) is 29.2. The molecule has 0 saturated heterocycles. The number of nitrogens with two attached hydrogens (primary N) is 4. The third-order valence-corrected chi connectivity index (χ3v) is 9.48. The Balaban J connectivity index is 2.37. The summed E-state index contributed by atoms with van der Waals surface area (Å²) in [5.74, 6) is -6.77. The molecule has 2 rings (SSSR count). The van der Waals surface area contributed by atoms with Crippen molar-refractivity contribution in [2.75, 3.05) is 18.8 Å². The standard InChI is InChI=1S/C41H63N11O10/c1-23(2)46-19-5-4-7-30(49-36(57)29(43)21-25-11-15-28(53)16-12-25)37(58)50-31(8-6-20-47-41(44)45)38(59)52-33(22-26-9-13-27(42)14-10-26)39(60)48-24(3)35(56)51-32(40(61)62)17-18-34(54)55/h9-16,23-24,29-33,46,53H,4-8,17-22,42-43H2,1-3H3,(H,48,60)(H,49,57)(H,50,58)(H,51,56)(H,52,59)(H,54,55)(H,61,62)(H4,44,45,47)/t24-,29+,30+,31-,32-,33+/m1/s1. The van der Waals surface area contributed by atoms with E-state index in [-0.39, 0.29) is 56.4 Å². The number of rotatable bonds is 28. The van der Waals surface area contributed by atoms with Gasteiger partial charge < -0.3 is 70.2 Å². The number of aromatic hydroxyl groups is 1. The van der Waals surface area contributed by atoms with Crippen LogP contribution in [0.3, 0.4) is 0 Å². The summed E-state index contributed by atoms with van der Waals surface area (Å²) in [4.78, 5) is 95.0. The van der Waals surface area contributed by atoms with Crippen LogP contribution in [0.2, 0.25) is 0 Å². The second kappa shape index (κ2) is 26.7. The largest absolute Gasteiger partial charge is 0.508 e. The van der Waals surface area contributed by atoms with Gasteiger partial charge in [0.15, 0.2) is 5.96 Å². The van der Waals surface area contributed by atoms with Crippen molar-refractivity contribution in [2.45, 2.75) is 121 Å². The Morgan fingerprint density at radius 3 is 1.71 bits per heavy atom. The number of carboxylic acid groups (broad SMARTS) is 2. The maximum atomic E-state index is 14.1. The van der Waals surface area contributed by atoms with Gasteiger partial charge in [-0.2, -0.15) is 0 Å². The lowest BCUT2D eigenvalue weighted by atomic mass is 10.0. The van der Waals surface area contributed by atoms with E-state index in [0.29, 0.717) is 36.2 Å². The van der Waals surface area contributed by atoms with E-state index in [1.54, 1.807) is 36.4 Å². The highest BCUT2D eigenvalue weighted by atomic mass is 16.4. The molecule has 0 aliphatic heterocycles. The van der Waals surface area contributed by atoms with Gasteiger partial charge in [-0.1, -0.05) is 38.1 Å². The van der Waals surface area contributed by atoms with Crippen molar-refractivity contribution in [3.8, 4) is 5.75 Å². The van der Waals surface area contributed by atoms with Crippen molar-refractivity contribution in [1.82, 2.24) is 31.9 Å². The van der Waals surface area contributed by atoms with Crippen molar-refractivity contribution in [3.05, 3.63) is 59.7 Å². The van der Waals surface area contributed by atoms with Gasteiger partial charge in [-0.15, -0.1) is 0 Å². The molecule has 2 aromatic rings. The molecular formula is C41H63N11O10. The van der Waals surface area contributed by atoms with E-state index in [0.717, 1.165) is 0 Å². The van der Waals surface area contributed by atoms with Crippen molar-refractivity contribution in [2.24, 2.45) is 22.2 Å². The average Bonchev–Trinajstić information content (AvgIpc) is 3.20. The number of carbonyl (C=O) groups excluding carboxylic acids is 5. The molecule has 0 aliphatic rings. The van der Waals surface area contributed by atoms with Gasteiger partial charge in [0, 0.05) is 31.1 Å². The van der Waals surface area contributed by atoms with Crippen LogP contribution in [0.5, 0.6) is 5.75 Å². The second-order valence-electron chi connectivity index (χ2n) is 15.2. The minimum atomic E-state index is -1.55. The number of guanidine groups is 1. The van der Waals surface area contributed by atoms with Crippen LogP contribution in [0, 0.1) is 0 Å². The number of benzene rings is 2. The molecule has 21 nitrogen and oxygen atoms in total. The van der Waals surface area contributed by atoms with Gasteiger partial charge in [0.25, 0.3) is 0 Å². The predicted molar refractivity (Wildman–Crippen MR) is 231 cm³/mol. The van der Waals surface area contributed by atoms with Crippen molar-refractivity contribution < 1.29 is 48.9 Å². The van der Waals surface area contributed by atoms with E-state index in [4.69, 9.17) is 28.0 Å². The summed E-state index contributed by atoms with van der Waals surface area (Å²) in [7, 11) is 0. The van der Waals surface area contributed by atoms with Crippen LogP contribution >= 0.6 is 0 Å². The number of phenolic OH excluding ortho intramolecular Hbond substituents is 1. The summed E-state index contributed by atoms with van der Waals surface area (Å²) in [5, 5.41) is 44.2. The molecule has 21 heteroatoms. The first-order valence-corrected chi connectivity index (χ1v) is 20.4. The second-order valence-corrected chi connectivity index (χ2v) is 15.2. The Morgan fingerprint density at radius 1 is 0.629 bits per heavy atom. The first kappa shape index (κ1) is 51.7. The predicted octanol–water partition coefficient (Wildman–Crippen LogP) is -1.30. The minimum absolute atomic E-state index is 0.0182. The van der Waals surface area contributed by atoms with Gasteiger partial charge in [0.1, 0.15) is 36.0 Å². The molecule has 0 spiro atoms. The Bertz CT molecular complexity index is 1820. The maximum Gasteiger partial charge on any atom is 0.326 e. The Kier molecular flexibility index (Phi) is 22.2. The third-order valence-electron chi connectivity index (χ3n) is 9.48. The summed E-state index contributed by atoms with van der Waals surface area (Å²) >= 11 is 0. The van der Waals surface area contributed by atoms with E-state index in [9.17, 15) is 43.8 Å². The van der Waals surface area contributed by atoms with Gasteiger partial charge in [0.2, 0.25) is 29.5 Å². The highest BCUT2D eigenvalue weighted by Crippen LogP contribution is 2.13. The molecule has 0 heterocycles. The lowest BCUT2D eigenvalue weighted by molar-refractivity contribution is -0.143. The normalized spacial score (nSPS) is 13.9. The molecule has 2 aromatic carbocycles. The van der Waals surface area contributed by atoms with Gasteiger partial charge in [-0.05, 0) is 93.8 Å². The number of carbonyl (C=O) groups is 7. The Labute approximate surface area is 360 Å². The SMILES string of the molecule is CC(C)NCCCC[C@H](NC(=O)[C@@H](N)Cc1ccc(O)cc1)C(=O)N[C@H](CCCN=C(N)N)C(=O)N[C@@H](Cc1ccc(N)cc1)C(=O)N[C@H](C)C(=O)N[C@H](CCC(=O)O)C(=O)O. The van der Waals surface area contributed by atoms with Crippen LogP contribution in [-0.2, 0) is 46.4 Å². The van der Waals surface area contributed by atoms with Crippen LogP contribution in [0.15, 0.2) is 53.5 Å². The van der Waals surface area contributed by atoms with Crippen LogP contribution in [0.4, 0.5) is 5.69 Å². The van der Waals surface area contributed by atoms with Gasteiger partial charge >= 0.3 is 11.9 Å². The molecule has 0 aliphatic carbocycles. The highest BCUT2D eigenvalue weighted by Gasteiger charge is 2.32. The van der Waals surface area contributed by atoms with Crippen LogP contribution < -0.4 is 54.8 Å². The molecule has 5 amide bonds. The summed E-state index contributed by atoms with van der Waals surface area (Å²) < 4.78 is 0. The summed E-state index contributed by atoms with van der Waals surface area (Å²) in [5.41, 5.74) is 24.7. The molecule has 0 bridgehead atoms. The molecule has 0 unspecified atom stereocenters. The molecular weight excluding hydrogens is 807 g/mol. The number of nitrogen functional groups attached to an aromatic ring is 1. The number of amides is 5. The number of hydrogen-bond acceptors (Lipinski definition) is 12. The van der Waals surface area contributed by atoms with Crippen LogP contribution in [0.25, 0.3) is 0 Å². The number of nitrogens with one attached hydrogen (secondary N) is 6. The summed E-state index contributed by atoms with van der Waals surface area (Å²) in [6, 6.07) is 5.10. The highest BCUT2D eigenvalue weighted by molar-refractivity contribution is 5.96. The molecule has 17 N–H and O–H groups in total. The zero-order valence-corrected chi connectivity index (χ0v) is 35.4. The topological polar surface area (TPSA) is 369 Å². The number of hydrogen-bond donors (Lipinski definition) is 13. The van der Waals surface area contributed by atoms with E-state index < -0.39 is 90.6 Å². The number of aliphatic carboxylic acids is 2. The molecule has 0 radical (unpaired) electrons. The van der Waals surface area contributed by atoms with Gasteiger partial charge in [0.05, 0.1) is 6.04 Å². The average molecular weight is 870 g/mol. The van der Waals surface area contributed by atoms with E-state index >= 15 is 0 Å². The van der Waals surface area contributed by atoms with E-state index in [2.05, 4.69) is 36.9 Å². The fourth-order valence-corrected chi connectivity index (χ4v) is 6.01. The summed E-state index contributed by atoms with van der Waals surface area (Å²) in [6.45, 7) is 6.01. The number of anilines is 1. The molecule has 342 valence electrons. The number of unbranched alkanes of at least 4 members (excludes halogenated alkanes) is 1. The number of nitrogens with zero attached hydrogens (tertiary/aromatic N) is 1. The van der Waals surface area contributed by atoms with Crippen molar-refractivity contribution in [1.29, 1.82) is 0 Å². The van der Waals surface area contributed by atoms with Crippen LogP contribution in [-0.4, -0.2) is 118 Å². The summed E-state index contributed by atoms with van der Waals surface area (Å²) in [6.07, 6.45) is 0.597. The van der Waals surface area contributed by atoms with Crippen LogP contribution in [0.1, 0.15) is 76.8 Å². The molecule has 6 atom stereocenters. The monoisotopic (exact) mass is 869 g/mol. The van der Waals surface area contributed by atoms with E-state index in [1.165, 1.54) is 19.1 Å². The minimum Gasteiger partial charge on any atom is -0.508 e. The number of aliphatic imine (C=N–C) groups is 1. The molecule has 0 saturated carbocycles. The maximum absolute atomic E-state index is 14.1. The van der Waals surface area contributed by atoms with Crippen molar-refractivity contribution >= 4 is 53.1 Å². The van der Waals surface area contributed by atoms with Crippen molar-refractivity contribution in [3.63, 3.8) is 0 Å². The molecule has 0 fully saturated rings. The van der Waals surface area contributed by atoms with Gasteiger partial charge in [-0.25, -0.2) is 4.79 Å².